The smallest absolute Gasteiger partial charge is 0.258 e. The molecule has 3 nitrogen and oxygen atoms in total. The minimum Gasteiger partial charge on any atom is -0.258 e. The molecule has 1 atom stereocenters. The Bertz CT molecular complexity index is 718. The average Bonchev–Trinajstić information content (AvgIpc) is 2.82. The Morgan fingerprint density at radius 3 is 2.50 bits per heavy atom. The summed E-state index contributed by atoms with van der Waals surface area (Å²) in [4.78, 5) is 0.215. The van der Waals surface area contributed by atoms with Gasteiger partial charge < -0.3 is 0 Å². The highest BCUT2D eigenvalue weighted by Crippen LogP contribution is 2.36. The molecule has 0 heterocycles. The van der Waals surface area contributed by atoms with Gasteiger partial charge in [0.1, 0.15) is 6.10 Å². The molecule has 1 aliphatic rings. The first-order valence-corrected chi connectivity index (χ1v) is 8.05. The van der Waals surface area contributed by atoms with Gasteiger partial charge in [-0.1, -0.05) is 42.0 Å². The van der Waals surface area contributed by atoms with Gasteiger partial charge in [-0.2, -0.15) is 8.42 Å². The predicted octanol–water partition coefficient (Wildman–Crippen LogP) is 3.39. The molecule has 3 rings (SSSR count). The number of rotatable bonds is 3. The van der Waals surface area contributed by atoms with Crippen molar-refractivity contribution in [3.8, 4) is 0 Å². The second-order valence-electron chi connectivity index (χ2n) is 5.09. The van der Waals surface area contributed by atoms with Gasteiger partial charge in [0.05, 0.1) is 4.90 Å². The lowest BCUT2D eigenvalue weighted by atomic mass is 10.1. The van der Waals surface area contributed by atoms with Gasteiger partial charge in [0.25, 0.3) is 10.1 Å². The van der Waals surface area contributed by atoms with E-state index < -0.39 is 10.1 Å². The van der Waals surface area contributed by atoms with E-state index in [0.717, 1.165) is 17.5 Å². The molecule has 1 aliphatic carbocycles. The highest BCUT2D eigenvalue weighted by Gasteiger charge is 2.28. The fourth-order valence-electron chi connectivity index (χ4n) is 2.53. The lowest BCUT2D eigenvalue weighted by Gasteiger charge is -2.13. The molecule has 0 fully saturated rings. The SMILES string of the molecule is Cc1ccc(S(=O)(=O)OC2CCc3ccccc32)cc1. The fraction of sp³-hybridized carbons (Fsp3) is 0.250. The van der Waals surface area contributed by atoms with Crippen LogP contribution >= 0.6 is 0 Å². The van der Waals surface area contributed by atoms with Gasteiger partial charge >= 0.3 is 0 Å². The third-order valence-corrected chi connectivity index (χ3v) is 4.97. The minimum atomic E-state index is -3.70. The third kappa shape index (κ3) is 2.49. The molecule has 2 aromatic rings. The van der Waals surface area contributed by atoms with E-state index in [1.165, 1.54) is 5.56 Å². The van der Waals surface area contributed by atoms with Crippen molar-refractivity contribution in [2.45, 2.75) is 30.8 Å². The van der Waals surface area contributed by atoms with E-state index in [9.17, 15) is 8.42 Å². The second-order valence-corrected chi connectivity index (χ2v) is 6.66. The van der Waals surface area contributed by atoms with Crippen molar-refractivity contribution in [1.29, 1.82) is 0 Å². The maximum atomic E-state index is 12.3. The molecule has 1 unspecified atom stereocenters. The van der Waals surface area contributed by atoms with Crippen molar-refractivity contribution < 1.29 is 12.6 Å². The Morgan fingerprint density at radius 1 is 1.05 bits per heavy atom. The summed E-state index contributed by atoms with van der Waals surface area (Å²) in [6.45, 7) is 1.92. The van der Waals surface area contributed by atoms with Gasteiger partial charge in [0, 0.05) is 0 Å². The first-order valence-electron chi connectivity index (χ1n) is 6.64. The molecule has 0 aromatic heterocycles. The Hall–Kier alpha value is -1.65. The van der Waals surface area contributed by atoms with Gasteiger partial charge in [-0.15, -0.1) is 0 Å². The summed E-state index contributed by atoms with van der Waals surface area (Å²) in [5.41, 5.74) is 3.19. The number of hydrogen-bond donors (Lipinski definition) is 0. The van der Waals surface area contributed by atoms with Crippen molar-refractivity contribution in [2.75, 3.05) is 0 Å². The van der Waals surface area contributed by atoms with E-state index in [-0.39, 0.29) is 11.0 Å². The highest BCUT2D eigenvalue weighted by atomic mass is 32.2. The van der Waals surface area contributed by atoms with Crippen LogP contribution in [-0.2, 0) is 20.7 Å². The van der Waals surface area contributed by atoms with Gasteiger partial charge in [0.2, 0.25) is 0 Å². The Morgan fingerprint density at radius 2 is 1.75 bits per heavy atom. The molecule has 0 aliphatic heterocycles. The predicted molar refractivity (Wildman–Crippen MR) is 77.0 cm³/mol. The standard InChI is InChI=1S/C16H16O3S/c1-12-6-9-14(10-7-12)20(17,18)19-16-11-8-13-4-2-3-5-15(13)16/h2-7,9-10,16H,8,11H2,1H3. The average molecular weight is 288 g/mol. The lowest BCUT2D eigenvalue weighted by molar-refractivity contribution is 0.215. The minimum absolute atomic E-state index is 0.215. The molecule has 0 radical (unpaired) electrons. The zero-order valence-electron chi connectivity index (χ0n) is 11.2. The van der Waals surface area contributed by atoms with Crippen LogP contribution in [-0.4, -0.2) is 8.42 Å². The van der Waals surface area contributed by atoms with Crippen LogP contribution in [0.15, 0.2) is 53.4 Å². The van der Waals surface area contributed by atoms with Crippen molar-refractivity contribution in [3.05, 3.63) is 65.2 Å². The number of benzene rings is 2. The summed E-state index contributed by atoms with van der Waals surface area (Å²) in [5.74, 6) is 0. The molecule has 2 aromatic carbocycles. The van der Waals surface area contributed by atoms with Crippen molar-refractivity contribution in [1.82, 2.24) is 0 Å². The number of hydrogen-bond acceptors (Lipinski definition) is 3. The van der Waals surface area contributed by atoms with E-state index in [1.54, 1.807) is 24.3 Å². The summed E-state index contributed by atoms with van der Waals surface area (Å²) in [7, 11) is -3.70. The molecular formula is C16H16O3S. The molecule has 0 amide bonds. The summed E-state index contributed by atoms with van der Waals surface area (Å²) >= 11 is 0. The monoisotopic (exact) mass is 288 g/mol. The van der Waals surface area contributed by atoms with Crippen molar-refractivity contribution >= 4 is 10.1 Å². The largest absolute Gasteiger partial charge is 0.297 e. The first kappa shape index (κ1) is 13.3. The van der Waals surface area contributed by atoms with Crippen LogP contribution in [0.5, 0.6) is 0 Å². The van der Waals surface area contributed by atoms with Crippen molar-refractivity contribution in [2.24, 2.45) is 0 Å². The first-order chi connectivity index (χ1) is 9.56. The molecule has 0 spiro atoms. The topological polar surface area (TPSA) is 43.4 Å². The molecule has 0 N–H and O–H groups in total. The Labute approximate surface area is 119 Å². The molecule has 0 bridgehead atoms. The number of aryl methyl sites for hydroxylation is 2. The van der Waals surface area contributed by atoms with Crippen molar-refractivity contribution in [3.63, 3.8) is 0 Å². The molecule has 0 saturated carbocycles. The van der Waals surface area contributed by atoms with Crippen LogP contribution in [0.3, 0.4) is 0 Å². The molecule has 104 valence electrons. The van der Waals surface area contributed by atoms with Crippen LogP contribution in [0, 0.1) is 6.92 Å². The van der Waals surface area contributed by atoms with Crippen LogP contribution in [0.25, 0.3) is 0 Å². The van der Waals surface area contributed by atoms with Crippen LogP contribution in [0.4, 0.5) is 0 Å². The zero-order chi connectivity index (χ0) is 14.2. The van der Waals surface area contributed by atoms with Gasteiger partial charge in [-0.3, -0.25) is 4.18 Å². The van der Waals surface area contributed by atoms with E-state index >= 15 is 0 Å². The third-order valence-electron chi connectivity index (χ3n) is 3.63. The van der Waals surface area contributed by atoms with E-state index in [2.05, 4.69) is 0 Å². The summed E-state index contributed by atoms with van der Waals surface area (Å²) in [5, 5.41) is 0. The molecular weight excluding hydrogens is 272 g/mol. The van der Waals surface area contributed by atoms with E-state index in [4.69, 9.17) is 4.18 Å². The van der Waals surface area contributed by atoms with Crippen LogP contribution in [0.2, 0.25) is 0 Å². The maximum Gasteiger partial charge on any atom is 0.297 e. The summed E-state index contributed by atoms with van der Waals surface area (Å²) in [6, 6.07) is 14.6. The molecule has 4 heteroatoms. The summed E-state index contributed by atoms with van der Waals surface area (Å²) in [6.07, 6.45) is 1.21. The fourth-order valence-corrected chi connectivity index (χ4v) is 3.62. The van der Waals surface area contributed by atoms with Crippen LogP contribution < -0.4 is 0 Å². The highest BCUT2D eigenvalue weighted by molar-refractivity contribution is 7.86. The Balaban J connectivity index is 1.86. The van der Waals surface area contributed by atoms with E-state index in [0.29, 0.717) is 6.42 Å². The van der Waals surface area contributed by atoms with Crippen LogP contribution in [0.1, 0.15) is 29.2 Å². The van der Waals surface area contributed by atoms with Gasteiger partial charge in [-0.25, -0.2) is 0 Å². The lowest BCUT2D eigenvalue weighted by Crippen LogP contribution is -2.10. The second kappa shape index (κ2) is 5.04. The molecule has 0 saturated heterocycles. The quantitative estimate of drug-likeness (QED) is 0.813. The summed E-state index contributed by atoms with van der Waals surface area (Å²) < 4.78 is 30.0. The molecule has 20 heavy (non-hydrogen) atoms. The van der Waals surface area contributed by atoms with Gasteiger partial charge in [0.15, 0.2) is 0 Å². The maximum absolute atomic E-state index is 12.3. The van der Waals surface area contributed by atoms with Gasteiger partial charge in [-0.05, 0) is 43.0 Å². The zero-order valence-corrected chi connectivity index (χ0v) is 12.1. The van der Waals surface area contributed by atoms with E-state index in [1.807, 2.05) is 31.2 Å². The number of fused-ring (bicyclic) bond motifs is 1. The normalized spacial score (nSPS) is 17.9. The Kier molecular flexibility index (Phi) is 3.36.